The van der Waals surface area contributed by atoms with Gasteiger partial charge in [-0.3, -0.25) is 9.59 Å². The van der Waals surface area contributed by atoms with E-state index in [0.717, 1.165) is 10.0 Å². The van der Waals surface area contributed by atoms with Crippen molar-refractivity contribution < 1.29 is 14.3 Å². The lowest BCUT2D eigenvalue weighted by atomic mass is 9.87. The van der Waals surface area contributed by atoms with Gasteiger partial charge in [0.05, 0.1) is 12.2 Å². The molecule has 0 saturated heterocycles. The zero-order valence-electron chi connectivity index (χ0n) is 18.3. The average molecular weight is 493 g/mol. The molecule has 6 heteroatoms. The van der Waals surface area contributed by atoms with E-state index < -0.39 is 0 Å². The molecule has 0 bridgehead atoms. The maximum atomic E-state index is 12.8. The molecule has 0 atom stereocenters. The molecule has 2 amide bonds. The van der Waals surface area contributed by atoms with Crippen LogP contribution in [0, 0.1) is 0 Å². The maximum Gasteiger partial charge on any atom is 0.265 e. The van der Waals surface area contributed by atoms with Gasteiger partial charge in [-0.1, -0.05) is 61.0 Å². The Balaban J connectivity index is 1.55. The molecule has 0 spiro atoms. The topological polar surface area (TPSA) is 58.6 Å². The van der Waals surface area contributed by atoms with Crippen molar-refractivity contribution in [2.45, 2.75) is 32.7 Å². The Hall–Kier alpha value is -3.12. The first-order valence-corrected chi connectivity index (χ1v) is 11.2. The minimum absolute atomic E-state index is 0.00460. The lowest BCUT2D eigenvalue weighted by Crippen LogP contribution is -2.38. The fourth-order valence-electron chi connectivity index (χ4n) is 3.55. The molecule has 1 N–H and O–H groups in total. The van der Waals surface area contributed by atoms with Gasteiger partial charge in [0.2, 0.25) is 0 Å². The number of carbonyl (C=O) groups excluding carboxylic acids is 2. The zero-order valence-corrected chi connectivity index (χ0v) is 19.9. The monoisotopic (exact) mass is 492 g/mol. The normalized spacial score (nSPS) is 13.4. The summed E-state index contributed by atoms with van der Waals surface area (Å²) in [5.74, 6) is 0.295. The Morgan fingerprint density at radius 3 is 2.38 bits per heavy atom. The number of hydrogen-bond acceptors (Lipinski definition) is 3. The molecule has 4 rings (SSSR count). The number of hydrogen-bond donors (Lipinski definition) is 1. The summed E-state index contributed by atoms with van der Waals surface area (Å²) < 4.78 is 6.58. The van der Waals surface area contributed by atoms with Crippen LogP contribution in [0.15, 0.2) is 71.2 Å². The molecule has 0 aliphatic carbocycles. The van der Waals surface area contributed by atoms with Crippen molar-refractivity contribution in [3.05, 3.63) is 87.9 Å². The van der Waals surface area contributed by atoms with Gasteiger partial charge in [-0.05, 0) is 59.0 Å². The van der Waals surface area contributed by atoms with Crippen LogP contribution in [-0.4, -0.2) is 18.4 Å². The van der Waals surface area contributed by atoms with Crippen molar-refractivity contribution in [1.82, 2.24) is 0 Å². The predicted octanol–water partition coefficient (Wildman–Crippen LogP) is 5.92. The fraction of sp³-hybridized carbons (Fsp3) is 0.231. The van der Waals surface area contributed by atoms with Crippen molar-refractivity contribution >= 4 is 39.1 Å². The second-order valence-electron chi connectivity index (χ2n) is 8.86. The molecule has 32 heavy (non-hydrogen) atoms. The van der Waals surface area contributed by atoms with Crippen LogP contribution in [0.2, 0.25) is 0 Å². The van der Waals surface area contributed by atoms with Gasteiger partial charge in [0.15, 0.2) is 6.61 Å². The zero-order chi connectivity index (χ0) is 22.9. The SMILES string of the molecule is CC(C)(C)c1ccc(C(=O)Nc2ccc3c(c2)N(Cc2ccc(Br)cc2)C(=O)CO3)cc1. The highest BCUT2D eigenvalue weighted by atomic mass is 79.9. The molecule has 0 saturated carbocycles. The quantitative estimate of drug-likeness (QED) is 0.491. The fourth-order valence-corrected chi connectivity index (χ4v) is 3.81. The van der Waals surface area contributed by atoms with Crippen LogP contribution in [0.5, 0.6) is 5.75 Å². The number of rotatable bonds is 4. The second-order valence-corrected chi connectivity index (χ2v) is 9.77. The number of benzene rings is 3. The van der Waals surface area contributed by atoms with Crippen LogP contribution >= 0.6 is 15.9 Å². The van der Waals surface area contributed by atoms with Gasteiger partial charge in [0, 0.05) is 15.7 Å². The first kappa shape index (κ1) is 22.1. The van der Waals surface area contributed by atoms with Gasteiger partial charge in [-0.2, -0.15) is 0 Å². The lowest BCUT2D eigenvalue weighted by molar-refractivity contribution is -0.121. The first-order chi connectivity index (χ1) is 15.2. The molecule has 0 fully saturated rings. The third kappa shape index (κ3) is 4.86. The minimum atomic E-state index is -0.201. The summed E-state index contributed by atoms with van der Waals surface area (Å²) in [5, 5.41) is 2.93. The molecule has 3 aromatic carbocycles. The van der Waals surface area contributed by atoms with E-state index in [4.69, 9.17) is 4.74 Å². The van der Waals surface area contributed by atoms with Gasteiger partial charge >= 0.3 is 0 Å². The number of ether oxygens (including phenoxy) is 1. The summed E-state index contributed by atoms with van der Waals surface area (Å²) in [5.41, 5.74) is 4.02. The van der Waals surface area contributed by atoms with E-state index >= 15 is 0 Å². The molecule has 0 aromatic heterocycles. The Morgan fingerprint density at radius 2 is 1.72 bits per heavy atom. The van der Waals surface area contributed by atoms with Crippen LogP contribution in [-0.2, 0) is 16.8 Å². The van der Waals surface area contributed by atoms with Crippen molar-refractivity contribution in [3.8, 4) is 5.75 Å². The molecule has 1 aliphatic rings. The van der Waals surface area contributed by atoms with Crippen molar-refractivity contribution in [3.63, 3.8) is 0 Å². The van der Waals surface area contributed by atoms with Crippen LogP contribution in [0.4, 0.5) is 11.4 Å². The minimum Gasteiger partial charge on any atom is -0.482 e. The van der Waals surface area contributed by atoms with E-state index in [1.807, 2.05) is 48.5 Å². The number of carbonyl (C=O) groups is 2. The predicted molar refractivity (Wildman–Crippen MR) is 130 cm³/mol. The van der Waals surface area contributed by atoms with E-state index in [9.17, 15) is 9.59 Å². The van der Waals surface area contributed by atoms with Gasteiger partial charge in [-0.15, -0.1) is 0 Å². The van der Waals surface area contributed by atoms with E-state index in [1.54, 1.807) is 23.1 Å². The summed E-state index contributed by atoms with van der Waals surface area (Å²) in [6.45, 7) is 6.83. The first-order valence-electron chi connectivity index (χ1n) is 10.4. The maximum absolute atomic E-state index is 12.8. The van der Waals surface area contributed by atoms with Gasteiger partial charge in [-0.25, -0.2) is 0 Å². The van der Waals surface area contributed by atoms with Crippen LogP contribution in [0.1, 0.15) is 42.3 Å². The summed E-state index contributed by atoms with van der Waals surface area (Å²) >= 11 is 3.43. The van der Waals surface area contributed by atoms with E-state index in [2.05, 4.69) is 42.0 Å². The number of amides is 2. The van der Waals surface area contributed by atoms with E-state index in [-0.39, 0.29) is 23.8 Å². The number of anilines is 2. The average Bonchev–Trinajstić information content (AvgIpc) is 2.76. The Bertz CT molecular complexity index is 1150. The van der Waals surface area contributed by atoms with Crippen LogP contribution in [0.3, 0.4) is 0 Å². The molecular formula is C26H25BrN2O3. The molecule has 3 aromatic rings. The number of fused-ring (bicyclic) bond motifs is 1. The Morgan fingerprint density at radius 1 is 1.03 bits per heavy atom. The van der Waals surface area contributed by atoms with Crippen molar-refractivity contribution in [1.29, 1.82) is 0 Å². The van der Waals surface area contributed by atoms with Gasteiger partial charge in [0.25, 0.3) is 11.8 Å². The summed E-state index contributed by atoms with van der Waals surface area (Å²) in [6, 6.07) is 20.8. The molecule has 0 radical (unpaired) electrons. The van der Waals surface area contributed by atoms with Crippen molar-refractivity contribution in [2.75, 3.05) is 16.8 Å². The highest BCUT2D eigenvalue weighted by molar-refractivity contribution is 9.10. The van der Waals surface area contributed by atoms with Crippen LogP contribution < -0.4 is 15.0 Å². The highest BCUT2D eigenvalue weighted by Gasteiger charge is 2.26. The molecule has 164 valence electrons. The Labute approximate surface area is 196 Å². The van der Waals surface area contributed by atoms with Crippen LogP contribution in [0.25, 0.3) is 0 Å². The molecule has 1 aliphatic heterocycles. The largest absolute Gasteiger partial charge is 0.482 e. The van der Waals surface area contributed by atoms with Crippen molar-refractivity contribution in [2.24, 2.45) is 0 Å². The number of nitrogens with zero attached hydrogens (tertiary/aromatic N) is 1. The second kappa shape index (κ2) is 8.79. The number of nitrogens with one attached hydrogen (secondary N) is 1. The summed E-state index contributed by atoms with van der Waals surface area (Å²) in [6.07, 6.45) is 0. The van der Waals surface area contributed by atoms with E-state index in [1.165, 1.54) is 5.56 Å². The standard InChI is InChI=1S/C26H25BrN2O3/c1-26(2,3)19-8-6-18(7-9-19)25(31)28-21-12-13-23-22(14-21)29(24(30)16-32-23)15-17-4-10-20(27)11-5-17/h4-14H,15-16H2,1-3H3,(H,28,31). The smallest absolute Gasteiger partial charge is 0.265 e. The third-order valence-corrected chi connectivity index (χ3v) is 5.96. The third-order valence-electron chi connectivity index (χ3n) is 5.43. The Kier molecular flexibility index (Phi) is 6.07. The highest BCUT2D eigenvalue weighted by Crippen LogP contribution is 2.36. The molecule has 1 heterocycles. The summed E-state index contributed by atoms with van der Waals surface area (Å²) in [4.78, 5) is 27.1. The number of halogens is 1. The molecular weight excluding hydrogens is 468 g/mol. The summed E-state index contributed by atoms with van der Waals surface area (Å²) in [7, 11) is 0. The van der Waals surface area contributed by atoms with E-state index in [0.29, 0.717) is 29.2 Å². The van der Waals surface area contributed by atoms with Gasteiger partial charge < -0.3 is 15.0 Å². The lowest BCUT2D eigenvalue weighted by Gasteiger charge is -2.30. The molecule has 0 unspecified atom stereocenters. The van der Waals surface area contributed by atoms with Gasteiger partial charge in [0.1, 0.15) is 5.75 Å². The molecule has 5 nitrogen and oxygen atoms in total.